The minimum atomic E-state index is -0.805. The lowest BCUT2D eigenvalue weighted by Gasteiger charge is -2.07. The molecule has 3 aromatic rings. The normalized spacial score (nSPS) is 10.9. The number of thiazole rings is 1. The molecule has 1 aromatic carbocycles. The number of benzene rings is 1. The average Bonchev–Trinajstić information content (AvgIpc) is 3.17. The molecule has 0 atom stereocenters. The number of nitrogens with two attached hydrogens (primary N) is 1. The Balaban J connectivity index is 1.90. The summed E-state index contributed by atoms with van der Waals surface area (Å²) in [5.41, 5.74) is 10.4. The smallest absolute Gasteiger partial charge is 0.404 e. The van der Waals surface area contributed by atoms with Crippen LogP contribution < -0.4 is 10.5 Å². The van der Waals surface area contributed by atoms with Crippen molar-refractivity contribution in [1.29, 1.82) is 0 Å². The lowest BCUT2D eigenvalue weighted by Crippen LogP contribution is -2.13. The number of H-pyrrole nitrogens is 1. The molecular weight excluding hydrogens is 350 g/mol. The van der Waals surface area contributed by atoms with Gasteiger partial charge in [-0.25, -0.2) is 9.78 Å². The van der Waals surface area contributed by atoms with Crippen molar-refractivity contribution in [1.82, 2.24) is 9.97 Å². The van der Waals surface area contributed by atoms with Gasteiger partial charge < -0.3 is 20.2 Å². The number of aromatic nitrogens is 2. The van der Waals surface area contributed by atoms with Crippen LogP contribution in [-0.2, 0) is 24.4 Å². The van der Waals surface area contributed by atoms with Gasteiger partial charge in [0.1, 0.15) is 19.0 Å². The van der Waals surface area contributed by atoms with Gasteiger partial charge in [0, 0.05) is 22.3 Å². The third-order valence-corrected chi connectivity index (χ3v) is 4.55. The maximum Gasteiger partial charge on any atom is 0.404 e. The summed E-state index contributed by atoms with van der Waals surface area (Å²) >= 11 is 7.86. The first-order valence-corrected chi connectivity index (χ1v) is 8.65. The van der Waals surface area contributed by atoms with Crippen LogP contribution in [0.1, 0.15) is 23.9 Å². The molecule has 0 saturated carbocycles. The zero-order chi connectivity index (χ0) is 17.1. The summed E-state index contributed by atoms with van der Waals surface area (Å²) < 4.78 is 10.7. The molecule has 0 aliphatic carbocycles. The molecule has 0 fully saturated rings. The van der Waals surface area contributed by atoms with Gasteiger partial charge in [-0.1, -0.05) is 18.5 Å². The molecule has 0 radical (unpaired) electrons. The van der Waals surface area contributed by atoms with Gasteiger partial charge in [-0.2, -0.15) is 0 Å². The van der Waals surface area contributed by atoms with Crippen LogP contribution in [0, 0.1) is 0 Å². The average molecular weight is 366 g/mol. The molecule has 126 valence electrons. The molecule has 0 aliphatic heterocycles. The van der Waals surface area contributed by atoms with E-state index in [1.165, 1.54) is 11.3 Å². The van der Waals surface area contributed by atoms with E-state index in [2.05, 4.69) is 9.97 Å². The number of rotatable bonds is 6. The maximum atomic E-state index is 10.8. The molecule has 8 heteroatoms. The van der Waals surface area contributed by atoms with E-state index in [-0.39, 0.29) is 6.61 Å². The number of hydrogen-bond acceptors (Lipinski definition) is 5. The van der Waals surface area contributed by atoms with Crippen LogP contribution in [0.25, 0.3) is 10.9 Å². The number of carbonyl (C=O) groups is 1. The standard InChI is InChI=1S/C16H16ClN3O3S/c1-2-10-11-3-12(17)15(22-5-9-7-24-8-19-9)4-13(11)20-14(10)6-23-16(18)21/h3-4,7-8,20H,2,5-6H2,1H3,(H2,18,21). The second-order valence-electron chi connectivity index (χ2n) is 5.14. The zero-order valence-electron chi connectivity index (χ0n) is 13.0. The Morgan fingerprint density at radius 1 is 1.42 bits per heavy atom. The molecule has 2 heterocycles. The van der Waals surface area contributed by atoms with Gasteiger partial charge in [-0.15, -0.1) is 11.3 Å². The summed E-state index contributed by atoms with van der Waals surface area (Å²) in [4.78, 5) is 18.3. The van der Waals surface area contributed by atoms with Crippen molar-refractivity contribution in [3.05, 3.63) is 45.0 Å². The molecule has 0 spiro atoms. The number of fused-ring (bicyclic) bond motifs is 1. The Labute approximate surface area is 147 Å². The van der Waals surface area contributed by atoms with Gasteiger partial charge in [0.2, 0.25) is 0 Å². The SMILES string of the molecule is CCc1c(COC(N)=O)[nH]c2cc(OCc3cscn3)c(Cl)cc12. The van der Waals surface area contributed by atoms with Gasteiger partial charge in [-0.3, -0.25) is 0 Å². The number of nitrogens with one attached hydrogen (secondary N) is 1. The van der Waals surface area contributed by atoms with E-state index in [9.17, 15) is 4.79 Å². The monoisotopic (exact) mass is 365 g/mol. The van der Waals surface area contributed by atoms with Gasteiger partial charge in [0.25, 0.3) is 0 Å². The van der Waals surface area contributed by atoms with E-state index in [1.54, 1.807) is 5.51 Å². The first-order chi connectivity index (χ1) is 11.6. The highest BCUT2D eigenvalue weighted by atomic mass is 35.5. The summed E-state index contributed by atoms with van der Waals surface area (Å²) in [6, 6.07) is 3.70. The molecule has 3 N–H and O–H groups in total. The van der Waals surface area contributed by atoms with Gasteiger partial charge in [0.05, 0.1) is 21.9 Å². The highest BCUT2D eigenvalue weighted by Gasteiger charge is 2.14. The fourth-order valence-corrected chi connectivity index (χ4v) is 3.31. The Bertz CT molecular complexity index is 861. The molecule has 0 aliphatic rings. The molecule has 2 aromatic heterocycles. The third kappa shape index (κ3) is 3.47. The minimum Gasteiger partial charge on any atom is -0.486 e. The first kappa shape index (κ1) is 16.6. The fraction of sp³-hybridized carbons (Fsp3) is 0.250. The van der Waals surface area contributed by atoms with Crippen LogP contribution in [0.2, 0.25) is 5.02 Å². The zero-order valence-corrected chi connectivity index (χ0v) is 14.5. The second kappa shape index (κ2) is 7.11. The maximum absolute atomic E-state index is 10.8. The van der Waals surface area contributed by atoms with Gasteiger partial charge >= 0.3 is 6.09 Å². The van der Waals surface area contributed by atoms with Crippen molar-refractivity contribution in [3.63, 3.8) is 0 Å². The number of halogens is 1. The Hall–Kier alpha value is -2.25. The molecule has 0 bridgehead atoms. The Morgan fingerprint density at radius 3 is 2.92 bits per heavy atom. The molecule has 6 nitrogen and oxygen atoms in total. The molecule has 3 rings (SSSR count). The topological polar surface area (TPSA) is 90.2 Å². The number of aryl methyl sites for hydroxylation is 1. The van der Waals surface area contributed by atoms with E-state index in [4.69, 9.17) is 26.8 Å². The number of ether oxygens (including phenoxy) is 2. The number of carbonyl (C=O) groups excluding carboxylic acids is 1. The van der Waals surface area contributed by atoms with E-state index in [0.29, 0.717) is 17.4 Å². The fourth-order valence-electron chi connectivity index (χ4n) is 2.55. The predicted octanol–water partition coefficient (Wildman–Crippen LogP) is 4.01. The quantitative estimate of drug-likeness (QED) is 0.690. The van der Waals surface area contributed by atoms with Crippen LogP contribution in [0.5, 0.6) is 5.75 Å². The molecule has 0 unspecified atom stereocenters. The summed E-state index contributed by atoms with van der Waals surface area (Å²) in [7, 11) is 0. The summed E-state index contributed by atoms with van der Waals surface area (Å²) in [6.07, 6.45) is -0.0340. The molecule has 0 saturated heterocycles. The van der Waals surface area contributed by atoms with Crippen molar-refractivity contribution in [2.75, 3.05) is 0 Å². The predicted molar refractivity (Wildman–Crippen MR) is 93.5 cm³/mol. The van der Waals surface area contributed by atoms with E-state index in [1.807, 2.05) is 24.4 Å². The number of amides is 1. The minimum absolute atomic E-state index is 0.0970. The lowest BCUT2D eigenvalue weighted by molar-refractivity contribution is 0.149. The van der Waals surface area contributed by atoms with Crippen LogP contribution in [0.15, 0.2) is 23.0 Å². The van der Waals surface area contributed by atoms with Crippen LogP contribution >= 0.6 is 22.9 Å². The largest absolute Gasteiger partial charge is 0.486 e. The van der Waals surface area contributed by atoms with Crippen LogP contribution in [-0.4, -0.2) is 16.1 Å². The second-order valence-corrected chi connectivity index (χ2v) is 6.27. The van der Waals surface area contributed by atoms with Crippen molar-refractivity contribution in [2.24, 2.45) is 5.73 Å². The van der Waals surface area contributed by atoms with Gasteiger partial charge in [-0.05, 0) is 18.1 Å². The lowest BCUT2D eigenvalue weighted by atomic mass is 10.1. The van der Waals surface area contributed by atoms with E-state index >= 15 is 0 Å². The van der Waals surface area contributed by atoms with Crippen molar-refractivity contribution >= 4 is 39.9 Å². The Kier molecular flexibility index (Phi) is 4.92. The number of aromatic amines is 1. The van der Waals surface area contributed by atoms with E-state index < -0.39 is 6.09 Å². The summed E-state index contributed by atoms with van der Waals surface area (Å²) in [6.45, 7) is 2.48. The number of nitrogens with zero attached hydrogens (tertiary/aromatic N) is 1. The van der Waals surface area contributed by atoms with E-state index in [0.717, 1.165) is 34.3 Å². The highest BCUT2D eigenvalue weighted by Crippen LogP contribution is 2.34. The van der Waals surface area contributed by atoms with Crippen LogP contribution in [0.4, 0.5) is 4.79 Å². The van der Waals surface area contributed by atoms with Crippen LogP contribution in [0.3, 0.4) is 0 Å². The first-order valence-electron chi connectivity index (χ1n) is 7.33. The molecule has 24 heavy (non-hydrogen) atoms. The third-order valence-electron chi connectivity index (χ3n) is 3.62. The summed E-state index contributed by atoms with van der Waals surface area (Å²) in [5.74, 6) is 0.573. The van der Waals surface area contributed by atoms with Crippen molar-refractivity contribution in [2.45, 2.75) is 26.6 Å². The number of hydrogen-bond donors (Lipinski definition) is 2. The Morgan fingerprint density at radius 2 is 2.25 bits per heavy atom. The molecule has 1 amide bonds. The summed E-state index contributed by atoms with van der Waals surface area (Å²) in [5, 5.41) is 3.43. The highest BCUT2D eigenvalue weighted by molar-refractivity contribution is 7.07. The van der Waals surface area contributed by atoms with Gasteiger partial charge in [0.15, 0.2) is 0 Å². The number of primary amides is 1. The van der Waals surface area contributed by atoms with Crippen molar-refractivity contribution < 1.29 is 14.3 Å². The van der Waals surface area contributed by atoms with Crippen molar-refractivity contribution in [3.8, 4) is 5.75 Å². The molecular formula is C16H16ClN3O3S.